The van der Waals surface area contributed by atoms with Crippen LogP contribution in [0.1, 0.15) is 56.7 Å². The van der Waals surface area contributed by atoms with Crippen LogP contribution in [0, 0.1) is 6.92 Å². The molecule has 0 aromatic heterocycles. The van der Waals surface area contributed by atoms with Crippen molar-refractivity contribution in [1.29, 1.82) is 0 Å². The first-order valence-corrected chi connectivity index (χ1v) is 6.00. The molecule has 0 aliphatic rings. The first kappa shape index (κ1) is 12.8. The van der Waals surface area contributed by atoms with Gasteiger partial charge < -0.3 is 5.11 Å². The molecule has 0 saturated carbocycles. The summed E-state index contributed by atoms with van der Waals surface area (Å²) in [6, 6.07) is 4.15. The highest BCUT2D eigenvalue weighted by atomic mass is 16.3. The number of hydrogen-bond donors (Lipinski definition) is 1. The van der Waals surface area contributed by atoms with E-state index in [9.17, 15) is 5.11 Å². The van der Waals surface area contributed by atoms with Gasteiger partial charge in [-0.1, -0.05) is 32.9 Å². The van der Waals surface area contributed by atoms with Crippen LogP contribution in [0.4, 0.5) is 0 Å². The fraction of sp³-hybridized carbons (Fsp3) is 0.467. The Kier molecular flexibility index (Phi) is 4.17. The smallest absolute Gasteiger partial charge is 0.126 e. The van der Waals surface area contributed by atoms with Crippen molar-refractivity contribution in [2.75, 3.05) is 0 Å². The predicted octanol–water partition coefficient (Wildman–Crippen LogP) is 4.64. The van der Waals surface area contributed by atoms with E-state index in [1.807, 2.05) is 6.92 Å². The van der Waals surface area contributed by atoms with Gasteiger partial charge in [-0.05, 0) is 49.0 Å². The SMILES string of the molecule is C/C=C(\CC)c1cc(C)cc(C(C)C)c1O. The van der Waals surface area contributed by atoms with Gasteiger partial charge in [-0.2, -0.15) is 0 Å². The third kappa shape index (κ3) is 2.46. The van der Waals surface area contributed by atoms with Gasteiger partial charge in [-0.25, -0.2) is 0 Å². The highest BCUT2D eigenvalue weighted by Crippen LogP contribution is 2.35. The molecule has 0 radical (unpaired) electrons. The van der Waals surface area contributed by atoms with Crippen LogP contribution in [-0.4, -0.2) is 5.11 Å². The van der Waals surface area contributed by atoms with Gasteiger partial charge in [0.05, 0.1) is 0 Å². The second-order valence-electron chi connectivity index (χ2n) is 4.57. The second kappa shape index (κ2) is 5.20. The molecule has 0 spiro atoms. The van der Waals surface area contributed by atoms with Gasteiger partial charge in [-0.3, -0.25) is 0 Å². The average Bonchev–Trinajstić information content (AvgIpc) is 2.23. The van der Waals surface area contributed by atoms with E-state index in [4.69, 9.17) is 0 Å². The van der Waals surface area contributed by atoms with E-state index in [0.717, 1.165) is 17.5 Å². The molecule has 0 heterocycles. The number of rotatable bonds is 3. The van der Waals surface area contributed by atoms with Gasteiger partial charge >= 0.3 is 0 Å². The molecule has 0 aliphatic heterocycles. The Balaban J connectivity index is 3.40. The molecule has 1 N–H and O–H groups in total. The maximum atomic E-state index is 10.3. The standard InChI is InChI=1S/C15H22O/c1-6-12(7-2)14-9-11(5)8-13(10(3)4)15(14)16/h6,8-10,16H,7H2,1-5H3/b12-6+. The minimum absolute atomic E-state index is 0.355. The molecule has 1 nitrogen and oxygen atoms in total. The second-order valence-corrected chi connectivity index (χ2v) is 4.57. The van der Waals surface area contributed by atoms with E-state index in [1.54, 1.807) is 0 Å². The van der Waals surface area contributed by atoms with E-state index < -0.39 is 0 Å². The van der Waals surface area contributed by atoms with Crippen LogP contribution in [0.2, 0.25) is 0 Å². The number of allylic oxidation sites excluding steroid dienone is 2. The third-order valence-corrected chi connectivity index (χ3v) is 2.98. The number of aryl methyl sites for hydroxylation is 1. The molecule has 0 aliphatic carbocycles. The lowest BCUT2D eigenvalue weighted by atomic mass is 9.92. The van der Waals surface area contributed by atoms with Crippen LogP contribution in [0.3, 0.4) is 0 Å². The first-order valence-electron chi connectivity index (χ1n) is 6.00. The summed E-state index contributed by atoms with van der Waals surface area (Å²) in [4.78, 5) is 0. The molecular weight excluding hydrogens is 196 g/mol. The van der Waals surface area contributed by atoms with E-state index in [1.165, 1.54) is 11.1 Å². The lowest BCUT2D eigenvalue weighted by Gasteiger charge is -2.15. The number of phenols is 1. The molecule has 0 bridgehead atoms. The third-order valence-electron chi connectivity index (χ3n) is 2.98. The van der Waals surface area contributed by atoms with Crippen molar-refractivity contribution >= 4 is 5.57 Å². The molecule has 0 atom stereocenters. The first-order chi connectivity index (χ1) is 7.51. The van der Waals surface area contributed by atoms with Gasteiger partial charge in [-0.15, -0.1) is 0 Å². The Morgan fingerprint density at radius 3 is 2.44 bits per heavy atom. The maximum Gasteiger partial charge on any atom is 0.126 e. The zero-order valence-corrected chi connectivity index (χ0v) is 11.0. The lowest BCUT2D eigenvalue weighted by molar-refractivity contribution is 0.462. The molecule has 88 valence electrons. The van der Waals surface area contributed by atoms with Gasteiger partial charge in [0.2, 0.25) is 0 Å². The summed E-state index contributed by atoms with van der Waals surface area (Å²) in [5.41, 5.74) is 4.46. The normalized spacial score (nSPS) is 12.2. The minimum atomic E-state index is 0.355. The van der Waals surface area contributed by atoms with E-state index in [2.05, 4.69) is 45.9 Å². The maximum absolute atomic E-state index is 10.3. The fourth-order valence-corrected chi connectivity index (χ4v) is 2.04. The van der Waals surface area contributed by atoms with Crippen molar-refractivity contribution in [2.24, 2.45) is 0 Å². The Labute approximate surface area is 98.8 Å². The summed E-state index contributed by atoms with van der Waals surface area (Å²) in [6.07, 6.45) is 3.03. The van der Waals surface area contributed by atoms with Crippen molar-refractivity contribution in [3.63, 3.8) is 0 Å². The quantitative estimate of drug-likeness (QED) is 0.783. The van der Waals surface area contributed by atoms with Crippen LogP contribution in [0.5, 0.6) is 5.75 Å². The van der Waals surface area contributed by atoms with Gasteiger partial charge in [0.25, 0.3) is 0 Å². The number of hydrogen-bond acceptors (Lipinski definition) is 1. The predicted molar refractivity (Wildman–Crippen MR) is 70.9 cm³/mol. The molecule has 1 aromatic carbocycles. The molecule has 0 fully saturated rings. The van der Waals surface area contributed by atoms with Gasteiger partial charge in [0.15, 0.2) is 0 Å². The van der Waals surface area contributed by atoms with Crippen LogP contribution in [-0.2, 0) is 0 Å². The molecular formula is C15H22O. The highest BCUT2D eigenvalue weighted by Gasteiger charge is 2.13. The van der Waals surface area contributed by atoms with Gasteiger partial charge in [0.1, 0.15) is 5.75 Å². The largest absolute Gasteiger partial charge is 0.507 e. The Morgan fingerprint density at radius 2 is 2.00 bits per heavy atom. The molecule has 1 heteroatoms. The zero-order valence-electron chi connectivity index (χ0n) is 11.0. The lowest BCUT2D eigenvalue weighted by Crippen LogP contribution is -1.94. The monoisotopic (exact) mass is 218 g/mol. The van der Waals surface area contributed by atoms with Crippen molar-refractivity contribution in [2.45, 2.75) is 47.0 Å². The molecule has 1 rings (SSSR count). The molecule has 16 heavy (non-hydrogen) atoms. The molecule has 0 amide bonds. The van der Waals surface area contributed by atoms with Crippen LogP contribution in [0.25, 0.3) is 5.57 Å². The Hall–Kier alpha value is -1.24. The van der Waals surface area contributed by atoms with Crippen LogP contribution < -0.4 is 0 Å². The summed E-state index contributed by atoms with van der Waals surface area (Å²) in [7, 11) is 0. The summed E-state index contributed by atoms with van der Waals surface area (Å²) in [5, 5.41) is 10.3. The van der Waals surface area contributed by atoms with Crippen LogP contribution >= 0.6 is 0 Å². The Morgan fingerprint density at radius 1 is 1.38 bits per heavy atom. The van der Waals surface area contributed by atoms with E-state index >= 15 is 0 Å². The van der Waals surface area contributed by atoms with Crippen molar-refractivity contribution < 1.29 is 5.11 Å². The molecule has 1 aromatic rings. The van der Waals surface area contributed by atoms with Crippen molar-refractivity contribution in [3.8, 4) is 5.75 Å². The number of benzene rings is 1. The Bertz CT molecular complexity index is 400. The van der Waals surface area contributed by atoms with Gasteiger partial charge in [0, 0.05) is 5.56 Å². The number of phenolic OH excluding ortho intramolecular Hbond substituents is 1. The topological polar surface area (TPSA) is 20.2 Å². The summed E-state index contributed by atoms with van der Waals surface area (Å²) < 4.78 is 0. The average molecular weight is 218 g/mol. The molecule has 0 unspecified atom stereocenters. The van der Waals surface area contributed by atoms with E-state index in [-0.39, 0.29) is 0 Å². The minimum Gasteiger partial charge on any atom is -0.507 e. The zero-order chi connectivity index (χ0) is 12.3. The summed E-state index contributed by atoms with van der Waals surface area (Å²) >= 11 is 0. The highest BCUT2D eigenvalue weighted by molar-refractivity contribution is 5.72. The summed E-state index contributed by atoms with van der Waals surface area (Å²) in [5.74, 6) is 0.809. The van der Waals surface area contributed by atoms with Crippen molar-refractivity contribution in [1.82, 2.24) is 0 Å². The van der Waals surface area contributed by atoms with Crippen LogP contribution in [0.15, 0.2) is 18.2 Å². The van der Waals surface area contributed by atoms with E-state index in [0.29, 0.717) is 11.7 Å². The van der Waals surface area contributed by atoms with Crippen molar-refractivity contribution in [3.05, 3.63) is 34.9 Å². The number of aromatic hydroxyl groups is 1. The molecule has 0 saturated heterocycles. The summed E-state index contributed by atoms with van der Waals surface area (Å²) in [6.45, 7) is 10.4. The fourth-order valence-electron chi connectivity index (χ4n) is 2.04.